The summed E-state index contributed by atoms with van der Waals surface area (Å²) in [6.45, 7) is 2.89. The van der Waals surface area contributed by atoms with Crippen LogP contribution in [0.4, 0.5) is 11.5 Å². The number of anilines is 2. The van der Waals surface area contributed by atoms with Gasteiger partial charge >= 0.3 is 0 Å². The number of halogens is 2. The minimum Gasteiger partial charge on any atom is -0.370 e. The second-order valence-electron chi connectivity index (χ2n) is 4.39. The Morgan fingerprint density at radius 2 is 2.05 bits per heavy atom. The zero-order chi connectivity index (χ0) is 15.2. The molecule has 0 spiro atoms. The molecule has 1 aromatic heterocycles. The number of hydrogen-bond donors (Lipinski definition) is 2. The first-order valence-electron chi connectivity index (χ1n) is 6.58. The Kier molecular flexibility index (Phi) is 5.59. The van der Waals surface area contributed by atoms with E-state index in [2.05, 4.69) is 38.5 Å². The van der Waals surface area contributed by atoms with E-state index in [1.165, 1.54) is 0 Å². The molecule has 0 unspecified atom stereocenters. The highest BCUT2D eigenvalue weighted by molar-refractivity contribution is 9.10. The van der Waals surface area contributed by atoms with Crippen LogP contribution in [0.25, 0.3) is 0 Å². The largest absolute Gasteiger partial charge is 0.370 e. The molecule has 110 valence electrons. The van der Waals surface area contributed by atoms with E-state index in [9.17, 15) is 4.79 Å². The van der Waals surface area contributed by atoms with E-state index in [1.54, 1.807) is 30.3 Å². The molecule has 4 nitrogen and oxygen atoms in total. The Balaban J connectivity index is 2.15. The van der Waals surface area contributed by atoms with Crippen LogP contribution in [0.3, 0.4) is 0 Å². The van der Waals surface area contributed by atoms with Gasteiger partial charge in [0.05, 0.1) is 15.2 Å². The fourth-order valence-corrected chi connectivity index (χ4v) is 2.24. The molecule has 0 aliphatic rings. The van der Waals surface area contributed by atoms with Crippen molar-refractivity contribution in [3.8, 4) is 0 Å². The number of carbonyl (C=O) groups is 1. The van der Waals surface area contributed by atoms with Crippen molar-refractivity contribution < 1.29 is 4.79 Å². The van der Waals surface area contributed by atoms with Crippen LogP contribution < -0.4 is 10.6 Å². The van der Waals surface area contributed by atoms with Gasteiger partial charge in [-0.25, -0.2) is 4.98 Å². The molecule has 0 aliphatic heterocycles. The molecule has 0 bridgehead atoms. The van der Waals surface area contributed by atoms with Crippen molar-refractivity contribution in [1.82, 2.24) is 4.98 Å². The molecular formula is C15H15BrClN3O. The van der Waals surface area contributed by atoms with Gasteiger partial charge in [0.2, 0.25) is 0 Å². The molecule has 0 saturated carbocycles. The topological polar surface area (TPSA) is 54.0 Å². The van der Waals surface area contributed by atoms with Crippen LogP contribution in [0.2, 0.25) is 5.02 Å². The van der Waals surface area contributed by atoms with Gasteiger partial charge in [-0.3, -0.25) is 4.79 Å². The number of rotatable bonds is 5. The summed E-state index contributed by atoms with van der Waals surface area (Å²) >= 11 is 9.35. The molecule has 0 saturated heterocycles. The van der Waals surface area contributed by atoms with Gasteiger partial charge in [-0.1, -0.05) is 30.7 Å². The minimum atomic E-state index is -0.280. The van der Waals surface area contributed by atoms with Gasteiger partial charge in [-0.2, -0.15) is 0 Å². The van der Waals surface area contributed by atoms with Gasteiger partial charge in [0.25, 0.3) is 5.91 Å². The van der Waals surface area contributed by atoms with E-state index in [1.807, 2.05) is 6.07 Å². The first-order chi connectivity index (χ1) is 10.1. The molecule has 0 radical (unpaired) electrons. The monoisotopic (exact) mass is 367 g/mol. The van der Waals surface area contributed by atoms with Crippen molar-refractivity contribution in [2.45, 2.75) is 13.3 Å². The number of amides is 1. The third-order valence-electron chi connectivity index (χ3n) is 2.74. The van der Waals surface area contributed by atoms with Crippen LogP contribution in [-0.2, 0) is 0 Å². The SMILES string of the molecule is CCCNc1cccc(C(=O)Nc2cccc(Cl)c2Br)n1. The van der Waals surface area contributed by atoms with Gasteiger partial charge in [-0.05, 0) is 46.6 Å². The normalized spacial score (nSPS) is 10.2. The molecule has 0 atom stereocenters. The number of benzene rings is 1. The number of hydrogen-bond acceptors (Lipinski definition) is 3. The Bertz CT molecular complexity index is 649. The molecular weight excluding hydrogens is 354 g/mol. The number of aromatic nitrogens is 1. The molecule has 2 rings (SSSR count). The molecule has 6 heteroatoms. The third-order valence-corrected chi connectivity index (χ3v) is 4.14. The Morgan fingerprint density at radius 1 is 1.29 bits per heavy atom. The predicted octanol–water partition coefficient (Wildman–Crippen LogP) is 4.57. The maximum absolute atomic E-state index is 12.2. The highest BCUT2D eigenvalue weighted by atomic mass is 79.9. The van der Waals surface area contributed by atoms with Crippen molar-refractivity contribution in [2.24, 2.45) is 0 Å². The molecule has 2 aromatic rings. The lowest BCUT2D eigenvalue weighted by atomic mass is 10.3. The fourth-order valence-electron chi connectivity index (χ4n) is 1.70. The first-order valence-corrected chi connectivity index (χ1v) is 7.75. The minimum absolute atomic E-state index is 0.280. The van der Waals surface area contributed by atoms with Crippen LogP contribution in [-0.4, -0.2) is 17.4 Å². The zero-order valence-corrected chi connectivity index (χ0v) is 13.8. The fraction of sp³-hybridized carbons (Fsp3) is 0.200. The third kappa shape index (κ3) is 4.19. The molecule has 0 aliphatic carbocycles. The van der Waals surface area contributed by atoms with Crippen molar-refractivity contribution in [3.05, 3.63) is 51.6 Å². The lowest BCUT2D eigenvalue weighted by Crippen LogP contribution is -2.15. The smallest absolute Gasteiger partial charge is 0.274 e. The van der Waals surface area contributed by atoms with Gasteiger partial charge in [0, 0.05) is 6.54 Å². The van der Waals surface area contributed by atoms with E-state index in [4.69, 9.17) is 11.6 Å². The summed E-state index contributed by atoms with van der Waals surface area (Å²) < 4.78 is 0.653. The summed E-state index contributed by atoms with van der Waals surface area (Å²) in [5.74, 6) is 0.410. The van der Waals surface area contributed by atoms with Crippen molar-refractivity contribution in [1.29, 1.82) is 0 Å². The Morgan fingerprint density at radius 3 is 2.81 bits per heavy atom. The average molecular weight is 369 g/mol. The van der Waals surface area contributed by atoms with Crippen molar-refractivity contribution >= 4 is 44.9 Å². The van der Waals surface area contributed by atoms with E-state index >= 15 is 0 Å². The van der Waals surface area contributed by atoms with Crippen LogP contribution >= 0.6 is 27.5 Å². The average Bonchev–Trinajstić information content (AvgIpc) is 2.50. The number of carbonyl (C=O) groups excluding carboxylic acids is 1. The molecule has 21 heavy (non-hydrogen) atoms. The van der Waals surface area contributed by atoms with Gasteiger partial charge in [0.1, 0.15) is 11.5 Å². The van der Waals surface area contributed by atoms with Crippen LogP contribution in [0.15, 0.2) is 40.9 Å². The zero-order valence-electron chi connectivity index (χ0n) is 11.5. The predicted molar refractivity (Wildman–Crippen MR) is 90.1 cm³/mol. The van der Waals surface area contributed by atoms with Crippen LogP contribution in [0, 0.1) is 0 Å². The van der Waals surface area contributed by atoms with Crippen molar-refractivity contribution in [2.75, 3.05) is 17.2 Å². The van der Waals surface area contributed by atoms with Crippen LogP contribution in [0.5, 0.6) is 0 Å². The second kappa shape index (κ2) is 7.43. The molecule has 1 aromatic carbocycles. The number of nitrogens with zero attached hydrogens (tertiary/aromatic N) is 1. The summed E-state index contributed by atoms with van der Waals surface area (Å²) in [6.07, 6.45) is 0.994. The molecule has 0 fully saturated rings. The Labute approximate surface area is 137 Å². The molecule has 1 amide bonds. The maximum Gasteiger partial charge on any atom is 0.274 e. The highest BCUT2D eigenvalue weighted by Crippen LogP contribution is 2.30. The van der Waals surface area contributed by atoms with E-state index < -0.39 is 0 Å². The quantitative estimate of drug-likeness (QED) is 0.812. The summed E-state index contributed by atoms with van der Waals surface area (Å²) in [7, 11) is 0. The van der Waals surface area contributed by atoms with Crippen molar-refractivity contribution in [3.63, 3.8) is 0 Å². The molecule has 2 N–H and O–H groups in total. The van der Waals surface area contributed by atoms with Gasteiger partial charge in [0.15, 0.2) is 0 Å². The number of pyridine rings is 1. The maximum atomic E-state index is 12.2. The summed E-state index contributed by atoms with van der Waals surface area (Å²) in [6, 6.07) is 10.6. The summed E-state index contributed by atoms with van der Waals surface area (Å²) in [5, 5.41) is 6.48. The van der Waals surface area contributed by atoms with E-state index in [0.29, 0.717) is 26.7 Å². The summed E-state index contributed by atoms with van der Waals surface area (Å²) in [5.41, 5.74) is 0.962. The van der Waals surface area contributed by atoms with Gasteiger partial charge < -0.3 is 10.6 Å². The number of nitrogens with one attached hydrogen (secondary N) is 2. The lowest BCUT2D eigenvalue weighted by molar-refractivity contribution is 0.102. The molecule has 1 heterocycles. The van der Waals surface area contributed by atoms with Gasteiger partial charge in [-0.15, -0.1) is 0 Å². The summed E-state index contributed by atoms with van der Waals surface area (Å²) in [4.78, 5) is 16.5. The standard InChI is InChI=1S/C15H15BrClN3O/c1-2-9-18-13-8-4-7-12(19-13)15(21)20-11-6-3-5-10(17)14(11)16/h3-8H,2,9H2,1H3,(H,18,19)(H,20,21). The lowest BCUT2D eigenvalue weighted by Gasteiger charge is -2.09. The van der Waals surface area contributed by atoms with E-state index in [0.717, 1.165) is 13.0 Å². The first kappa shape index (κ1) is 15.8. The highest BCUT2D eigenvalue weighted by Gasteiger charge is 2.11. The second-order valence-corrected chi connectivity index (χ2v) is 5.59. The Hall–Kier alpha value is -1.59. The van der Waals surface area contributed by atoms with E-state index in [-0.39, 0.29) is 5.91 Å². The van der Waals surface area contributed by atoms with Crippen LogP contribution in [0.1, 0.15) is 23.8 Å².